The summed E-state index contributed by atoms with van der Waals surface area (Å²) in [5, 5.41) is 0. The molecule has 4 heteroatoms. The molecule has 1 rings (SSSR count). The van der Waals surface area contributed by atoms with Gasteiger partial charge in [-0.15, -0.1) is 0 Å². The maximum atomic E-state index is 10.7. The van der Waals surface area contributed by atoms with Gasteiger partial charge in [0.15, 0.2) is 0 Å². The zero-order valence-corrected chi connectivity index (χ0v) is 5.76. The van der Waals surface area contributed by atoms with E-state index in [2.05, 4.69) is 4.98 Å². The van der Waals surface area contributed by atoms with Gasteiger partial charge >= 0.3 is 5.69 Å². The minimum absolute atomic E-state index is 0.218. The van der Waals surface area contributed by atoms with Crippen molar-refractivity contribution in [3.05, 3.63) is 28.9 Å². The Hall–Kier alpha value is -0.770. The second kappa shape index (κ2) is 2.68. The fourth-order valence-corrected chi connectivity index (χ4v) is 0.878. The van der Waals surface area contributed by atoms with Crippen LogP contribution in [0.4, 0.5) is 0 Å². The Morgan fingerprint density at radius 3 is 3.00 bits per heavy atom. The molecule has 9 heavy (non-hydrogen) atoms. The van der Waals surface area contributed by atoms with Crippen molar-refractivity contribution in [3.63, 3.8) is 0 Å². The van der Waals surface area contributed by atoms with Gasteiger partial charge < -0.3 is 0 Å². The van der Waals surface area contributed by atoms with E-state index >= 15 is 0 Å². The van der Waals surface area contributed by atoms with Gasteiger partial charge in [-0.2, -0.15) is 0 Å². The summed E-state index contributed by atoms with van der Waals surface area (Å²) < 4.78 is 1.46. The monoisotopic (exact) mass is 142 g/mol. The zero-order valence-electron chi connectivity index (χ0n) is 4.94. The van der Waals surface area contributed by atoms with Crippen LogP contribution >= 0.6 is 11.9 Å². The molecule has 0 amide bonds. The molecule has 3 nitrogen and oxygen atoms in total. The minimum Gasteiger partial charge on any atom is -0.245 e. The molecule has 0 aliphatic carbocycles. The summed E-state index contributed by atoms with van der Waals surface area (Å²) in [6.07, 6.45) is 4.98. The van der Waals surface area contributed by atoms with E-state index in [1.54, 1.807) is 12.3 Å². The number of nitrogens with zero attached hydrogens (tertiary/aromatic N) is 2. The molecule has 0 atom stereocenters. The van der Waals surface area contributed by atoms with Crippen LogP contribution < -0.4 is 5.69 Å². The van der Waals surface area contributed by atoms with Crippen LogP contribution in [0.25, 0.3) is 0 Å². The van der Waals surface area contributed by atoms with Gasteiger partial charge in [0.1, 0.15) is 0 Å². The molecule has 0 spiro atoms. The lowest BCUT2D eigenvalue weighted by atomic mass is 10.7. The molecular weight excluding hydrogens is 136 g/mol. The molecule has 1 aromatic rings. The highest BCUT2D eigenvalue weighted by molar-refractivity contribution is 7.97. The predicted molar refractivity (Wildman–Crippen MR) is 37.4 cm³/mol. The second-order valence-corrected chi connectivity index (χ2v) is 2.17. The third kappa shape index (κ3) is 1.32. The minimum atomic E-state index is -0.218. The second-order valence-electron chi connectivity index (χ2n) is 1.41. The highest BCUT2D eigenvalue weighted by atomic mass is 32.2. The number of hydrogen-bond donors (Lipinski definition) is 0. The number of rotatable bonds is 1. The van der Waals surface area contributed by atoms with Crippen molar-refractivity contribution < 1.29 is 0 Å². The van der Waals surface area contributed by atoms with Gasteiger partial charge in [-0.25, -0.2) is 13.8 Å². The number of hydrogen-bond acceptors (Lipinski definition) is 3. The van der Waals surface area contributed by atoms with Crippen molar-refractivity contribution in [2.45, 2.75) is 0 Å². The first-order chi connectivity index (χ1) is 4.34. The van der Waals surface area contributed by atoms with Gasteiger partial charge in [0.2, 0.25) is 0 Å². The van der Waals surface area contributed by atoms with Crippen LogP contribution in [-0.2, 0) is 0 Å². The van der Waals surface area contributed by atoms with E-state index in [1.807, 2.05) is 6.26 Å². The molecule has 1 aromatic heterocycles. The van der Waals surface area contributed by atoms with Crippen molar-refractivity contribution in [1.82, 2.24) is 8.96 Å². The van der Waals surface area contributed by atoms with E-state index in [9.17, 15) is 4.79 Å². The lowest BCUT2D eigenvalue weighted by Crippen LogP contribution is -2.15. The van der Waals surface area contributed by atoms with Crippen molar-refractivity contribution in [3.8, 4) is 0 Å². The topological polar surface area (TPSA) is 34.9 Å². The first-order valence-corrected chi connectivity index (χ1v) is 3.61. The summed E-state index contributed by atoms with van der Waals surface area (Å²) in [7, 11) is 0. The first-order valence-electron chi connectivity index (χ1n) is 2.43. The highest BCUT2D eigenvalue weighted by Gasteiger charge is 1.87. The van der Waals surface area contributed by atoms with E-state index in [1.165, 1.54) is 22.1 Å². The highest BCUT2D eigenvalue weighted by Crippen LogP contribution is 1.90. The zero-order chi connectivity index (χ0) is 6.69. The van der Waals surface area contributed by atoms with Gasteiger partial charge in [-0.05, 0) is 18.0 Å². The largest absolute Gasteiger partial charge is 0.357 e. The molecule has 0 unspecified atom stereocenters. The van der Waals surface area contributed by atoms with Crippen molar-refractivity contribution in [2.75, 3.05) is 6.26 Å². The smallest absolute Gasteiger partial charge is 0.245 e. The van der Waals surface area contributed by atoms with E-state index < -0.39 is 0 Å². The maximum absolute atomic E-state index is 10.7. The SMILES string of the molecule is CSn1cccnc1=O. The molecule has 0 bridgehead atoms. The average molecular weight is 142 g/mol. The van der Waals surface area contributed by atoms with Crippen LogP contribution in [0.1, 0.15) is 0 Å². The van der Waals surface area contributed by atoms with Crippen LogP contribution in [0.5, 0.6) is 0 Å². The van der Waals surface area contributed by atoms with E-state index in [-0.39, 0.29) is 5.69 Å². The van der Waals surface area contributed by atoms with Gasteiger partial charge in [0.25, 0.3) is 0 Å². The van der Waals surface area contributed by atoms with Crippen molar-refractivity contribution in [1.29, 1.82) is 0 Å². The quantitative estimate of drug-likeness (QED) is 0.568. The van der Waals surface area contributed by atoms with Crippen molar-refractivity contribution in [2.24, 2.45) is 0 Å². The molecule has 0 aliphatic rings. The van der Waals surface area contributed by atoms with Crippen LogP contribution in [0, 0.1) is 0 Å². The summed E-state index contributed by atoms with van der Waals surface area (Å²) in [6.45, 7) is 0. The molecule has 0 saturated heterocycles. The Balaban J connectivity index is 3.16. The Kier molecular flexibility index (Phi) is 1.89. The summed E-state index contributed by atoms with van der Waals surface area (Å²) in [4.78, 5) is 14.2. The summed E-state index contributed by atoms with van der Waals surface area (Å²) in [5.41, 5.74) is -0.218. The van der Waals surface area contributed by atoms with E-state index in [0.29, 0.717) is 0 Å². The van der Waals surface area contributed by atoms with Gasteiger partial charge in [0, 0.05) is 18.6 Å². The normalized spacial score (nSPS) is 9.44. The Morgan fingerprint density at radius 2 is 2.56 bits per heavy atom. The standard InChI is InChI=1S/C5H6N2OS/c1-9-7-4-2-3-6-5(7)8/h2-4H,1H3. The summed E-state index contributed by atoms with van der Waals surface area (Å²) >= 11 is 1.34. The van der Waals surface area contributed by atoms with Gasteiger partial charge in [-0.3, -0.25) is 0 Å². The molecule has 0 N–H and O–H groups in total. The van der Waals surface area contributed by atoms with Gasteiger partial charge in [0.05, 0.1) is 0 Å². The molecule has 0 aromatic carbocycles. The molecule has 0 aliphatic heterocycles. The Morgan fingerprint density at radius 1 is 1.78 bits per heavy atom. The van der Waals surface area contributed by atoms with Crippen LogP contribution in [-0.4, -0.2) is 15.2 Å². The lowest BCUT2D eigenvalue weighted by Gasteiger charge is -1.93. The summed E-state index contributed by atoms with van der Waals surface area (Å²) in [5.74, 6) is 0. The fourth-order valence-electron chi connectivity index (χ4n) is 0.483. The Labute approximate surface area is 56.9 Å². The first kappa shape index (κ1) is 6.35. The summed E-state index contributed by atoms with van der Waals surface area (Å²) in [6, 6.07) is 1.72. The average Bonchev–Trinajstić information content (AvgIpc) is 1.89. The molecule has 0 radical (unpaired) electrons. The molecule has 1 heterocycles. The van der Waals surface area contributed by atoms with Crippen molar-refractivity contribution >= 4 is 11.9 Å². The Bertz CT molecular complexity index is 245. The molecule has 0 fully saturated rings. The van der Waals surface area contributed by atoms with Crippen LogP contribution in [0.3, 0.4) is 0 Å². The van der Waals surface area contributed by atoms with Crippen LogP contribution in [0.15, 0.2) is 23.3 Å². The maximum Gasteiger partial charge on any atom is 0.357 e. The predicted octanol–water partition coefficient (Wildman–Crippen LogP) is 0.369. The lowest BCUT2D eigenvalue weighted by molar-refractivity contribution is 1.02. The third-order valence-electron chi connectivity index (χ3n) is 0.878. The molecule has 0 saturated carbocycles. The van der Waals surface area contributed by atoms with Gasteiger partial charge in [-0.1, -0.05) is 0 Å². The van der Waals surface area contributed by atoms with E-state index in [0.717, 1.165) is 0 Å². The van der Waals surface area contributed by atoms with Crippen LogP contribution in [0.2, 0.25) is 0 Å². The number of aromatic nitrogens is 2. The molecular formula is C5H6N2OS. The molecule has 48 valence electrons. The van der Waals surface area contributed by atoms with E-state index in [4.69, 9.17) is 0 Å². The fraction of sp³-hybridized carbons (Fsp3) is 0.200. The third-order valence-corrected chi connectivity index (χ3v) is 1.55.